The summed E-state index contributed by atoms with van der Waals surface area (Å²) >= 11 is 0. The Bertz CT molecular complexity index is 197. The fraction of sp³-hybridized carbons (Fsp3) is 1.00. The monoisotopic (exact) mass is 239 g/mol. The molecule has 4 atom stereocenters. The van der Waals surface area contributed by atoms with Crippen molar-refractivity contribution in [1.82, 2.24) is 5.32 Å². The van der Waals surface area contributed by atoms with Crippen LogP contribution < -0.4 is 5.32 Å². The number of ether oxygens (including phenoxy) is 1. The smallest absolute Gasteiger partial charge is 0.0593 e. The lowest BCUT2D eigenvalue weighted by Gasteiger charge is -2.35. The van der Waals surface area contributed by atoms with E-state index in [2.05, 4.69) is 19.3 Å². The minimum atomic E-state index is 0.529. The molecule has 0 heterocycles. The molecular formula is C15H29NO. The molecule has 2 aliphatic rings. The molecule has 0 aromatic rings. The highest BCUT2D eigenvalue weighted by Gasteiger charge is 2.27. The van der Waals surface area contributed by atoms with E-state index in [1.54, 1.807) is 0 Å². The molecule has 17 heavy (non-hydrogen) atoms. The lowest BCUT2D eigenvalue weighted by molar-refractivity contribution is -0.0587. The van der Waals surface area contributed by atoms with Crippen LogP contribution in [0.4, 0.5) is 0 Å². The normalized spacial score (nSPS) is 39.2. The van der Waals surface area contributed by atoms with Crippen molar-refractivity contribution in [3.8, 4) is 0 Å². The maximum absolute atomic E-state index is 6.36. The molecule has 0 aromatic carbocycles. The Balaban J connectivity index is 1.75. The van der Waals surface area contributed by atoms with Crippen molar-refractivity contribution in [2.75, 3.05) is 7.05 Å². The molecule has 0 saturated heterocycles. The van der Waals surface area contributed by atoms with E-state index in [1.165, 1.54) is 57.8 Å². The Morgan fingerprint density at radius 3 is 2.41 bits per heavy atom. The Morgan fingerprint density at radius 2 is 1.71 bits per heavy atom. The van der Waals surface area contributed by atoms with Gasteiger partial charge in [0.25, 0.3) is 0 Å². The van der Waals surface area contributed by atoms with Crippen LogP contribution in [0.2, 0.25) is 0 Å². The minimum absolute atomic E-state index is 0.529. The standard InChI is InChI=1S/C15H29NO/c1-3-12-6-4-8-14(10-12)17-15-9-5-7-13(11-15)16-2/h12-16H,3-11H2,1-2H3. The summed E-state index contributed by atoms with van der Waals surface area (Å²) in [4.78, 5) is 0. The largest absolute Gasteiger partial charge is 0.375 e. The third-order valence-electron chi connectivity index (χ3n) is 4.73. The van der Waals surface area contributed by atoms with Crippen molar-refractivity contribution in [2.24, 2.45) is 5.92 Å². The van der Waals surface area contributed by atoms with Crippen molar-refractivity contribution in [3.05, 3.63) is 0 Å². The molecule has 0 amide bonds. The average molecular weight is 239 g/mol. The van der Waals surface area contributed by atoms with Crippen molar-refractivity contribution in [2.45, 2.75) is 83.0 Å². The van der Waals surface area contributed by atoms with E-state index >= 15 is 0 Å². The van der Waals surface area contributed by atoms with E-state index in [1.807, 2.05) is 0 Å². The second-order valence-corrected chi connectivity index (χ2v) is 5.97. The first-order valence-corrected chi connectivity index (χ1v) is 7.64. The van der Waals surface area contributed by atoms with Crippen LogP contribution in [-0.2, 0) is 4.74 Å². The molecule has 100 valence electrons. The van der Waals surface area contributed by atoms with Crippen LogP contribution in [0.1, 0.15) is 64.7 Å². The molecule has 0 radical (unpaired) electrons. The molecule has 1 N–H and O–H groups in total. The van der Waals surface area contributed by atoms with Gasteiger partial charge < -0.3 is 10.1 Å². The van der Waals surface area contributed by atoms with Crippen molar-refractivity contribution in [3.63, 3.8) is 0 Å². The van der Waals surface area contributed by atoms with Crippen LogP contribution in [0.3, 0.4) is 0 Å². The summed E-state index contributed by atoms with van der Waals surface area (Å²) in [6, 6.07) is 0.694. The maximum atomic E-state index is 6.36. The summed E-state index contributed by atoms with van der Waals surface area (Å²) in [7, 11) is 2.08. The predicted molar refractivity (Wildman–Crippen MR) is 72.2 cm³/mol. The van der Waals surface area contributed by atoms with Crippen LogP contribution in [0.15, 0.2) is 0 Å². The van der Waals surface area contributed by atoms with Gasteiger partial charge in [-0.25, -0.2) is 0 Å². The molecule has 2 heteroatoms. The third-order valence-corrected chi connectivity index (χ3v) is 4.73. The molecule has 4 unspecified atom stereocenters. The highest BCUT2D eigenvalue weighted by molar-refractivity contribution is 4.80. The third kappa shape index (κ3) is 3.96. The lowest BCUT2D eigenvalue weighted by Crippen LogP contribution is -2.37. The van der Waals surface area contributed by atoms with E-state index in [9.17, 15) is 0 Å². The Labute approximate surface area is 107 Å². The van der Waals surface area contributed by atoms with Gasteiger partial charge in [0, 0.05) is 6.04 Å². The minimum Gasteiger partial charge on any atom is -0.375 e. The summed E-state index contributed by atoms with van der Waals surface area (Å²) in [5, 5.41) is 3.41. The summed E-state index contributed by atoms with van der Waals surface area (Å²) < 4.78 is 6.36. The Hall–Kier alpha value is -0.0800. The number of hydrogen-bond donors (Lipinski definition) is 1. The molecule has 2 fully saturated rings. The van der Waals surface area contributed by atoms with Crippen LogP contribution >= 0.6 is 0 Å². The van der Waals surface area contributed by atoms with Gasteiger partial charge >= 0.3 is 0 Å². The van der Waals surface area contributed by atoms with Gasteiger partial charge in [0.2, 0.25) is 0 Å². The summed E-state index contributed by atoms with van der Waals surface area (Å²) in [6.07, 6.45) is 13.0. The Morgan fingerprint density at radius 1 is 1.00 bits per heavy atom. The van der Waals surface area contributed by atoms with Crippen LogP contribution in [-0.4, -0.2) is 25.3 Å². The van der Waals surface area contributed by atoms with E-state index < -0.39 is 0 Å². The number of hydrogen-bond acceptors (Lipinski definition) is 2. The van der Waals surface area contributed by atoms with Crippen LogP contribution in [0.25, 0.3) is 0 Å². The Kier molecular flexibility index (Phi) is 5.30. The van der Waals surface area contributed by atoms with Crippen molar-refractivity contribution >= 4 is 0 Å². The highest BCUT2D eigenvalue weighted by Crippen LogP contribution is 2.31. The van der Waals surface area contributed by atoms with Crippen LogP contribution in [0, 0.1) is 5.92 Å². The average Bonchev–Trinajstić information content (AvgIpc) is 2.39. The highest BCUT2D eigenvalue weighted by atomic mass is 16.5. The molecule has 0 bridgehead atoms. The van der Waals surface area contributed by atoms with Gasteiger partial charge in [-0.3, -0.25) is 0 Å². The number of nitrogens with one attached hydrogen (secondary N) is 1. The molecule has 0 spiro atoms. The zero-order valence-corrected chi connectivity index (χ0v) is 11.6. The first-order valence-electron chi connectivity index (χ1n) is 7.64. The molecule has 2 rings (SSSR count). The molecule has 2 aliphatic carbocycles. The molecule has 0 aromatic heterocycles. The predicted octanol–water partition coefficient (Wildman–Crippen LogP) is 3.50. The summed E-state index contributed by atoms with van der Waals surface area (Å²) in [5.74, 6) is 0.928. The fourth-order valence-corrected chi connectivity index (χ4v) is 3.54. The zero-order chi connectivity index (χ0) is 12.1. The molecule has 2 saturated carbocycles. The van der Waals surface area contributed by atoms with Crippen molar-refractivity contribution < 1.29 is 4.74 Å². The summed E-state index contributed by atoms with van der Waals surface area (Å²) in [5.41, 5.74) is 0. The van der Waals surface area contributed by atoms with E-state index in [4.69, 9.17) is 4.74 Å². The van der Waals surface area contributed by atoms with Crippen molar-refractivity contribution in [1.29, 1.82) is 0 Å². The van der Waals surface area contributed by atoms with Gasteiger partial charge in [-0.15, -0.1) is 0 Å². The molecule has 0 aliphatic heterocycles. The van der Waals surface area contributed by atoms with E-state index in [-0.39, 0.29) is 0 Å². The summed E-state index contributed by atoms with van der Waals surface area (Å²) in [6.45, 7) is 2.32. The van der Waals surface area contributed by atoms with Gasteiger partial charge in [-0.2, -0.15) is 0 Å². The molecule has 2 nitrogen and oxygen atoms in total. The second-order valence-electron chi connectivity index (χ2n) is 5.97. The topological polar surface area (TPSA) is 21.3 Å². The van der Waals surface area contributed by atoms with Gasteiger partial charge in [0.05, 0.1) is 12.2 Å². The van der Waals surface area contributed by atoms with Gasteiger partial charge in [0.1, 0.15) is 0 Å². The quantitative estimate of drug-likeness (QED) is 0.810. The SMILES string of the molecule is CCC1CCCC(OC2CCCC(NC)C2)C1. The first-order chi connectivity index (χ1) is 8.31. The van der Waals surface area contributed by atoms with E-state index in [0.717, 1.165) is 5.92 Å². The maximum Gasteiger partial charge on any atom is 0.0593 e. The zero-order valence-electron chi connectivity index (χ0n) is 11.6. The first kappa shape index (κ1) is 13.4. The van der Waals surface area contributed by atoms with E-state index in [0.29, 0.717) is 18.2 Å². The van der Waals surface area contributed by atoms with Gasteiger partial charge in [0.15, 0.2) is 0 Å². The second kappa shape index (κ2) is 6.75. The van der Waals surface area contributed by atoms with Crippen LogP contribution in [0.5, 0.6) is 0 Å². The molecular weight excluding hydrogens is 210 g/mol. The fourth-order valence-electron chi connectivity index (χ4n) is 3.54. The number of rotatable bonds is 4. The van der Waals surface area contributed by atoms with Gasteiger partial charge in [-0.05, 0) is 51.5 Å². The lowest BCUT2D eigenvalue weighted by atomic mass is 9.85. The van der Waals surface area contributed by atoms with Gasteiger partial charge in [-0.1, -0.05) is 26.2 Å².